The summed E-state index contributed by atoms with van der Waals surface area (Å²) in [6, 6.07) is 7.42. The zero-order valence-corrected chi connectivity index (χ0v) is 25.6. The molecule has 0 spiro atoms. The van der Waals surface area contributed by atoms with Crippen LogP contribution in [0.1, 0.15) is 47.9 Å². The number of phenolic OH excluding ortho intramolecular Hbond substituents is 1. The summed E-state index contributed by atoms with van der Waals surface area (Å²) < 4.78 is 28.7. The van der Waals surface area contributed by atoms with E-state index in [1.165, 1.54) is 18.2 Å². The maximum atomic E-state index is 13.4. The average molecular weight is 665 g/mol. The highest BCUT2D eigenvalue weighted by Gasteiger charge is 2.46. The van der Waals surface area contributed by atoms with E-state index in [4.69, 9.17) is 23.7 Å². The van der Waals surface area contributed by atoms with Gasteiger partial charge in [-0.25, -0.2) is 0 Å². The second-order valence-electron chi connectivity index (χ2n) is 12.0. The number of carbonyl (C=O) groups is 1. The Morgan fingerprint density at radius 1 is 0.830 bits per heavy atom. The number of hydrogen-bond donors (Lipinski definition) is 9. The van der Waals surface area contributed by atoms with Crippen LogP contribution < -0.4 is 14.2 Å². The maximum Gasteiger partial charge on any atom is 0.229 e. The van der Waals surface area contributed by atoms with Crippen LogP contribution >= 0.6 is 0 Å². The number of benzene rings is 2. The number of ether oxygens (including phenoxy) is 5. The minimum atomic E-state index is -1.72. The molecule has 0 aliphatic carbocycles. The molecule has 0 aromatic heterocycles. The number of aliphatic hydroxyl groups is 8. The number of fused-ring (bicyclic) bond motifs is 1. The fourth-order valence-corrected chi connectivity index (χ4v) is 5.66. The van der Waals surface area contributed by atoms with Gasteiger partial charge in [-0.15, -0.1) is 0 Å². The van der Waals surface area contributed by atoms with Crippen molar-refractivity contribution in [1.82, 2.24) is 0 Å². The van der Waals surface area contributed by atoms with Crippen LogP contribution in [-0.4, -0.2) is 126 Å². The minimum absolute atomic E-state index is 0.0280. The predicted octanol–water partition coefficient (Wildman–Crippen LogP) is -1.04. The van der Waals surface area contributed by atoms with Gasteiger partial charge >= 0.3 is 0 Å². The first kappa shape index (κ1) is 35.0. The summed E-state index contributed by atoms with van der Waals surface area (Å²) in [5.74, 6) is -0.664. The fraction of sp³-hybridized carbons (Fsp3) is 0.531. The lowest BCUT2D eigenvalue weighted by molar-refractivity contribution is -0.277. The number of phenols is 1. The van der Waals surface area contributed by atoms with Gasteiger partial charge in [0.25, 0.3) is 0 Å². The standard InChI is InChI=1S/C32H40O15/c1-13(2)3-8-16-20(45-32-29(42)27(40)25(38)22(12-34)47-32)10-18(36)23-17(35)9-19(44-30(16)23)14-4-6-15(7-5-14)43-31-28(41)26(39)24(37)21(11-33)46-31/h3-7,10,19,21-22,24-29,31-34,36-42H,8-9,11-12H2,1-2H3/t19-,21-,22-,24-,25-,26+,27+,28-,29-,31-,32-/m1/s1. The fourth-order valence-electron chi connectivity index (χ4n) is 5.66. The first-order valence-electron chi connectivity index (χ1n) is 15.1. The number of allylic oxidation sites excluding steroid dienone is 2. The molecule has 2 aromatic carbocycles. The lowest BCUT2D eigenvalue weighted by atomic mass is 9.92. The van der Waals surface area contributed by atoms with E-state index in [-0.39, 0.29) is 35.7 Å². The van der Waals surface area contributed by atoms with Crippen LogP contribution in [0.25, 0.3) is 0 Å². The first-order valence-corrected chi connectivity index (χ1v) is 15.1. The number of hydrogen-bond acceptors (Lipinski definition) is 15. The highest BCUT2D eigenvalue weighted by molar-refractivity contribution is 6.03. The van der Waals surface area contributed by atoms with Crippen LogP contribution in [0.15, 0.2) is 42.0 Å². The van der Waals surface area contributed by atoms with Crippen molar-refractivity contribution < 1.29 is 74.4 Å². The molecule has 9 N–H and O–H groups in total. The highest BCUT2D eigenvalue weighted by Crippen LogP contribution is 2.47. The summed E-state index contributed by atoms with van der Waals surface area (Å²) in [5, 5.41) is 91.2. The van der Waals surface area contributed by atoms with Crippen LogP contribution in [-0.2, 0) is 15.9 Å². The molecule has 0 unspecified atom stereocenters. The molecule has 3 aliphatic rings. The molecule has 3 heterocycles. The molecule has 3 aliphatic heterocycles. The van der Waals surface area contributed by atoms with Crippen LogP contribution in [0.3, 0.4) is 0 Å². The van der Waals surface area contributed by atoms with Gasteiger partial charge in [0.05, 0.1) is 19.6 Å². The Morgan fingerprint density at radius 3 is 1.91 bits per heavy atom. The number of aromatic hydroxyl groups is 1. The molecule has 2 saturated heterocycles. The number of Topliss-reactive ketones (excluding diaryl/α,β-unsaturated/α-hetero) is 1. The van der Waals surface area contributed by atoms with E-state index in [0.717, 1.165) is 5.57 Å². The maximum absolute atomic E-state index is 13.4. The third-order valence-electron chi connectivity index (χ3n) is 8.39. The lowest BCUT2D eigenvalue weighted by Crippen LogP contribution is -2.60. The van der Waals surface area contributed by atoms with Crippen molar-refractivity contribution in [2.45, 2.75) is 94.2 Å². The van der Waals surface area contributed by atoms with Gasteiger partial charge in [0, 0.05) is 11.6 Å². The second kappa shape index (κ2) is 14.4. The van der Waals surface area contributed by atoms with Crippen LogP contribution in [0.5, 0.6) is 23.0 Å². The van der Waals surface area contributed by atoms with Crippen molar-refractivity contribution in [2.24, 2.45) is 0 Å². The molecule has 0 radical (unpaired) electrons. The summed E-state index contributed by atoms with van der Waals surface area (Å²) in [6.45, 7) is 2.43. The second-order valence-corrected chi connectivity index (χ2v) is 12.0. The molecule has 15 heteroatoms. The Bertz CT molecular complexity index is 1440. The molecular formula is C32H40O15. The lowest BCUT2D eigenvalue weighted by Gasteiger charge is -2.40. The van der Waals surface area contributed by atoms with E-state index in [9.17, 15) is 50.8 Å². The number of aliphatic hydroxyl groups excluding tert-OH is 8. The van der Waals surface area contributed by atoms with E-state index in [1.807, 2.05) is 19.9 Å². The molecule has 2 aromatic rings. The molecule has 0 saturated carbocycles. The van der Waals surface area contributed by atoms with Crippen molar-refractivity contribution in [3.05, 3.63) is 58.7 Å². The Balaban J connectivity index is 1.41. The number of rotatable bonds is 9. The zero-order valence-electron chi connectivity index (χ0n) is 25.6. The van der Waals surface area contributed by atoms with Crippen molar-refractivity contribution in [2.75, 3.05) is 13.2 Å². The van der Waals surface area contributed by atoms with Gasteiger partial charge in [-0.05, 0) is 38.0 Å². The van der Waals surface area contributed by atoms with E-state index in [1.54, 1.807) is 12.1 Å². The molecular weight excluding hydrogens is 624 g/mol. The molecule has 5 rings (SSSR count). The molecule has 15 nitrogen and oxygen atoms in total. The van der Waals surface area contributed by atoms with Gasteiger partial charge in [-0.1, -0.05) is 23.8 Å². The highest BCUT2D eigenvalue weighted by atomic mass is 16.7. The molecule has 47 heavy (non-hydrogen) atoms. The third-order valence-corrected chi connectivity index (χ3v) is 8.39. The van der Waals surface area contributed by atoms with Crippen molar-refractivity contribution in [3.8, 4) is 23.0 Å². The first-order chi connectivity index (χ1) is 22.3. The monoisotopic (exact) mass is 664 g/mol. The van der Waals surface area contributed by atoms with Crippen LogP contribution in [0.4, 0.5) is 0 Å². The molecule has 0 bridgehead atoms. The van der Waals surface area contributed by atoms with E-state index in [2.05, 4.69) is 0 Å². The van der Waals surface area contributed by atoms with Crippen molar-refractivity contribution >= 4 is 5.78 Å². The van der Waals surface area contributed by atoms with Gasteiger partial charge in [0.2, 0.25) is 12.6 Å². The molecule has 0 amide bonds. The largest absolute Gasteiger partial charge is 0.507 e. The van der Waals surface area contributed by atoms with E-state index >= 15 is 0 Å². The molecule has 11 atom stereocenters. The van der Waals surface area contributed by atoms with Crippen LogP contribution in [0.2, 0.25) is 0 Å². The predicted molar refractivity (Wildman–Crippen MR) is 159 cm³/mol. The van der Waals surface area contributed by atoms with Crippen molar-refractivity contribution in [1.29, 1.82) is 0 Å². The summed E-state index contributed by atoms with van der Waals surface area (Å²) in [6.07, 6.45) is -14.1. The van der Waals surface area contributed by atoms with Gasteiger partial charge in [-0.2, -0.15) is 0 Å². The van der Waals surface area contributed by atoms with Gasteiger partial charge in [-0.3, -0.25) is 4.79 Å². The summed E-state index contributed by atoms with van der Waals surface area (Å²) in [4.78, 5) is 13.4. The zero-order chi connectivity index (χ0) is 34.2. The summed E-state index contributed by atoms with van der Waals surface area (Å²) in [5.41, 5.74) is 1.72. The Kier molecular flexibility index (Phi) is 10.7. The van der Waals surface area contributed by atoms with Crippen LogP contribution in [0, 0.1) is 0 Å². The van der Waals surface area contributed by atoms with Gasteiger partial charge in [0.15, 0.2) is 5.78 Å². The smallest absolute Gasteiger partial charge is 0.229 e. The minimum Gasteiger partial charge on any atom is -0.507 e. The SMILES string of the molecule is CC(C)=CCc1c(O[C@@H]2O[C@H](CO)[C@@H](O)[C@H](O)[C@H]2O)cc(O)c2c1O[C@@H](c1ccc(O[C@@H]3O[C@H](CO)[C@@H](O)[C@H](O)[C@H]3O)cc1)CC2=O. The van der Waals surface area contributed by atoms with Gasteiger partial charge < -0.3 is 69.6 Å². The summed E-state index contributed by atoms with van der Waals surface area (Å²) >= 11 is 0. The number of carbonyl (C=O) groups excluding carboxylic acids is 1. The topological polar surface area (TPSA) is 245 Å². The molecule has 258 valence electrons. The van der Waals surface area contributed by atoms with Crippen molar-refractivity contribution in [3.63, 3.8) is 0 Å². The van der Waals surface area contributed by atoms with Gasteiger partial charge in [0.1, 0.15) is 83.5 Å². The number of ketones is 1. The van der Waals surface area contributed by atoms with E-state index < -0.39 is 92.3 Å². The third kappa shape index (κ3) is 7.10. The average Bonchev–Trinajstić information content (AvgIpc) is 3.04. The Morgan fingerprint density at radius 2 is 1.38 bits per heavy atom. The quantitative estimate of drug-likeness (QED) is 0.145. The Labute approximate surface area is 269 Å². The molecule has 2 fully saturated rings. The Hall–Kier alpha value is -3.35. The van der Waals surface area contributed by atoms with E-state index in [0.29, 0.717) is 11.1 Å². The summed E-state index contributed by atoms with van der Waals surface area (Å²) in [7, 11) is 0. The normalized spacial score (nSPS) is 33.8.